The molecular weight excluding hydrogens is 256 g/mol. The van der Waals surface area contributed by atoms with Crippen molar-refractivity contribution in [2.75, 3.05) is 11.4 Å². The maximum absolute atomic E-state index is 5.52. The molecule has 0 spiro atoms. The Morgan fingerprint density at radius 1 is 1.10 bits per heavy atom. The number of fused-ring (bicyclic) bond motifs is 1. The fourth-order valence-electron chi connectivity index (χ4n) is 2.69. The predicted molar refractivity (Wildman–Crippen MR) is 88.2 cm³/mol. The molecule has 1 aliphatic heterocycles. The minimum absolute atomic E-state index is 0.582. The number of anilines is 1. The van der Waals surface area contributed by atoms with Crippen molar-refractivity contribution in [1.29, 1.82) is 0 Å². The zero-order valence-corrected chi connectivity index (χ0v) is 12.5. The lowest BCUT2D eigenvalue weighted by atomic mass is 10.1. The van der Waals surface area contributed by atoms with Crippen LogP contribution in [-0.4, -0.2) is 17.5 Å². The van der Waals surface area contributed by atoms with Crippen LogP contribution in [-0.2, 0) is 6.54 Å². The topological polar surface area (TPSA) is 6.25 Å². The van der Waals surface area contributed by atoms with E-state index in [0.717, 1.165) is 6.54 Å². The van der Waals surface area contributed by atoms with Crippen molar-refractivity contribution in [3.05, 3.63) is 59.2 Å². The quantitative estimate of drug-likeness (QED) is 0.599. The van der Waals surface area contributed by atoms with Crippen LogP contribution in [0.3, 0.4) is 0 Å². The van der Waals surface area contributed by atoms with Crippen molar-refractivity contribution in [3.63, 3.8) is 0 Å². The second kappa shape index (κ2) is 5.46. The van der Waals surface area contributed by atoms with Crippen molar-refractivity contribution in [1.82, 2.24) is 0 Å². The number of nitrogens with zero attached hydrogens (tertiary/aromatic N) is 2. The van der Waals surface area contributed by atoms with Crippen LogP contribution in [0.2, 0.25) is 0 Å². The minimum atomic E-state index is 0.582. The summed E-state index contributed by atoms with van der Waals surface area (Å²) in [6, 6.07) is 15.1. The molecule has 104 valence electrons. The van der Waals surface area contributed by atoms with E-state index in [1.165, 1.54) is 28.1 Å². The molecule has 21 heavy (non-hydrogen) atoms. The van der Waals surface area contributed by atoms with Gasteiger partial charge in [-0.2, -0.15) is 0 Å². The molecule has 0 unspecified atom stereocenters. The Labute approximate surface area is 126 Å². The highest BCUT2D eigenvalue weighted by Gasteiger charge is 2.24. The van der Waals surface area contributed by atoms with Gasteiger partial charge >= 0.3 is 0 Å². The molecule has 1 heterocycles. The smallest absolute Gasteiger partial charge is 0.229 e. The molecule has 0 radical (unpaired) electrons. The van der Waals surface area contributed by atoms with Crippen LogP contribution in [0.1, 0.15) is 16.7 Å². The Hall–Kier alpha value is -2.53. The first-order valence-corrected chi connectivity index (χ1v) is 7.15. The summed E-state index contributed by atoms with van der Waals surface area (Å²) in [6.07, 6.45) is 7.63. The Kier molecular flexibility index (Phi) is 3.50. The summed E-state index contributed by atoms with van der Waals surface area (Å²) >= 11 is 0. The molecular formula is C19H19N2+. The monoisotopic (exact) mass is 275 g/mol. The van der Waals surface area contributed by atoms with Gasteiger partial charge in [-0.3, -0.25) is 0 Å². The van der Waals surface area contributed by atoms with E-state index in [1.807, 2.05) is 0 Å². The number of rotatable bonds is 2. The van der Waals surface area contributed by atoms with Crippen molar-refractivity contribution < 1.29 is 4.58 Å². The van der Waals surface area contributed by atoms with Crippen LogP contribution in [0.15, 0.2) is 42.5 Å². The molecule has 0 fully saturated rings. The SMILES string of the molecule is C#CC[N+]1=CN(c2ccc(C)cc2)Cc2cc(C)ccc21. The molecule has 0 aliphatic carbocycles. The second-order valence-electron chi connectivity index (χ2n) is 5.54. The molecule has 2 nitrogen and oxygen atoms in total. The van der Waals surface area contributed by atoms with Gasteiger partial charge in [-0.1, -0.05) is 35.2 Å². The highest BCUT2D eigenvalue weighted by atomic mass is 15.2. The van der Waals surface area contributed by atoms with E-state index >= 15 is 0 Å². The number of aryl methyl sites for hydroxylation is 2. The maximum Gasteiger partial charge on any atom is 0.245 e. The standard InChI is InChI=1S/C19H19N2/c1-4-11-20-14-21(18-8-5-15(2)6-9-18)13-17-12-16(3)7-10-19(17)20/h1,5-10,12,14H,11,13H2,2-3H3/q+1. The lowest BCUT2D eigenvalue weighted by molar-refractivity contribution is -0.424. The molecule has 2 aromatic carbocycles. The Morgan fingerprint density at radius 3 is 2.52 bits per heavy atom. The summed E-state index contributed by atoms with van der Waals surface area (Å²) in [5, 5.41) is 0. The average Bonchev–Trinajstić information content (AvgIpc) is 2.47. The molecule has 3 rings (SSSR count). The first-order chi connectivity index (χ1) is 10.2. The summed E-state index contributed by atoms with van der Waals surface area (Å²) in [5.41, 5.74) is 6.26. The summed E-state index contributed by atoms with van der Waals surface area (Å²) in [7, 11) is 0. The van der Waals surface area contributed by atoms with Crippen LogP contribution in [0.25, 0.3) is 0 Å². The lowest BCUT2D eigenvalue weighted by Gasteiger charge is -2.22. The van der Waals surface area contributed by atoms with Gasteiger partial charge in [-0.25, -0.2) is 9.48 Å². The molecule has 0 bridgehead atoms. The summed E-state index contributed by atoms with van der Waals surface area (Å²) in [4.78, 5) is 2.25. The maximum atomic E-state index is 5.52. The Bertz CT molecular complexity index is 733. The largest absolute Gasteiger partial charge is 0.245 e. The van der Waals surface area contributed by atoms with Crippen molar-refractivity contribution in [2.45, 2.75) is 20.4 Å². The van der Waals surface area contributed by atoms with E-state index in [-0.39, 0.29) is 0 Å². The van der Waals surface area contributed by atoms with Gasteiger partial charge in [-0.15, -0.1) is 6.42 Å². The van der Waals surface area contributed by atoms with Gasteiger partial charge in [0.25, 0.3) is 0 Å². The third kappa shape index (κ3) is 2.68. The molecule has 0 amide bonds. The number of benzene rings is 2. The van der Waals surface area contributed by atoms with Gasteiger partial charge in [-0.05, 0) is 38.1 Å². The van der Waals surface area contributed by atoms with E-state index in [2.05, 4.69) is 78.0 Å². The predicted octanol–water partition coefficient (Wildman–Crippen LogP) is 3.63. The highest BCUT2D eigenvalue weighted by Crippen LogP contribution is 2.27. The van der Waals surface area contributed by atoms with Gasteiger partial charge in [0.15, 0.2) is 6.54 Å². The summed E-state index contributed by atoms with van der Waals surface area (Å²) in [6.45, 7) is 5.69. The molecule has 0 atom stereocenters. The van der Waals surface area contributed by atoms with Crippen LogP contribution < -0.4 is 4.90 Å². The van der Waals surface area contributed by atoms with Gasteiger partial charge < -0.3 is 0 Å². The van der Waals surface area contributed by atoms with E-state index < -0.39 is 0 Å². The first kappa shape index (κ1) is 13.5. The van der Waals surface area contributed by atoms with Crippen LogP contribution in [0, 0.1) is 26.2 Å². The molecule has 2 aromatic rings. The zero-order valence-electron chi connectivity index (χ0n) is 12.5. The van der Waals surface area contributed by atoms with E-state index in [9.17, 15) is 0 Å². The van der Waals surface area contributed by atoms with Crippen LogP contribution >= 0.6 is 0 Å². The van der Waals surface area contributed by atoms with Gasteiger partial charge in [0.05, 0.1) is 0 Å². The third-order valence-corrected chi connectivity index (χ3v) is 3.79. The normalized spacial score (nSPS) is 13.4. The van der Waals surface area contributed by atoms with Gasteiger partial charge in [0, 0.05) is 5.56 Å². The fraction of sp³-hybridized carbons (Fsp3) is 0.211. The zero-order chi connectivity index (χ0) is 14.8. The van der Waals surface area contributed by atoms with Crippen molar-refractivity contribution in [2.24, 2.45) is 0 Å². The van der Waals surface area contributed by atoms with E-state index in [1.54, 1.807) is 0 Å². The van der Waals surface area contributed by atoms with Crippen molar-refractivity contribution >= 4 is 17.7 Å². The molecule has 0 N–H and O–H groups in total. The van der Waals surface area contributed by atoms with E-state index in [0.29, 0.717) is 6.54 Å². The third-order valence-electron chi connectivity index (χ3n) is 3.79. The molecule has 1 aliphatic rings. The molecule has 0 saturated carbocycles. The molecule has 0 saturated heterocycles. The van der Waals surface area contributed by atoms with Gasteiger partial charge in [0.2, 0.25) is 6.34 Å². The number of terminal acetylenes is 1. The van der Waals surface area contributed by atoms with E-state index in [4.69, 9.17) is 6.42 Å². The van der Waals surface area contributed by atoms with Crippen LogP contribution in [0.5, 0.6) is 0 Å². The second-order valence-corrected chi connectivity index (χ2v) is 5.54. The molecule has 2 heteroatoms. The fourth-order valence-corrected chi connectivity index (χ4v) is 2.69. The Morgan fingerprint density at radius 2 is 1.81 bits per heavy atom. The summed E-state index contributed by atoms with van der Waals surface area (Å²) < 4.78 is 2.14. The molecule has 0 aromatic heterocycles. The number of hydrogen-bond acceptors (Lipinski definition) is 1. The highest BCUT2D eigenvalue weighted by molar-refractivity contribution is 5.79. The average molecular weight is 275 g/mol. The van der Waals surface area contributed by atoms with Crippen LogP contribution in [0.4, 0.5) is 11.4 Å². The van der Waals surface area contributed by atoms with Gasteiger partial charge in [0.1, 0.15) is 17.9 Å². The lowest BCUT2D eigenvalue weighted by Crippen LogP contribution is -2.31. The summed E-state index contributed by atoms with van der Waals surface area (Å²) in [5.74, 6) is 2.74. The van der Waals surface area contributed by atoms with Crippen molar-refractivity contribution in [3.8, 4) is 12.3 Å². The minimum Gasteiger partial charge on any atom is -0.229 e. The number of hydrogen-bond donors (Lipinski definition) is 0. The Balaban J connectivity index is 2.04. The first-order valence-electron chi connectivity index (χ1n) is 7.15.